The second-order valence-electron chi connectivity index (χ2n) is 5.93. The second kappa shape index (κ2) is 7.21. The van der Waals surface area contributed by atoms with Crippen LogP contribution < -0.4 is 5.73 Å². The number of alkyl halides is 1. The van der Waals surface area contributed by atoms with Gasteiger partial charge in [-0.3, -0.25) is 4.79 Å². The second-order valence-corrected chi connectivity index (χ2v) is 5.93. The quantitative estimate of drug-likeness (QED) is 0.855. The average Bonchev–Trinajstić information content (AvgIpc) is 2.66. The molecule has 1 rings (SSSR count). The van der Waals surface area contributed by atoms with Crippen molar-refractivity contribution in [2.75, 3.05) is 6.54 Å². The van der Waals surface area contributed by atoms with Crippen molar-refractivity contribution in [3.63, 3.8) is 0 Å². The Hall–Kier alpha value is -0.900. The van der Waals surface area contributed by atoms with E-state index in [-0.39, 0.29) is 25.4 Å². The van der Waals surface area contributed by atoms with Gasteiger partial charge in [-0.25, -0.2) is 4.39 Å². The monoisotopic (exact) mass is 307 g/mol. The van der Waals surface area contributed by atoms with Gasteiger partial charge in [0.15, 0.2) is 0 Å². The van der Waals surface area contributed by atoms with Crippen molar-refractivity contribution in [1.82, 2.24) is 4.90 Å². The molecule has 0 aromatic carbocycles. The fourth-order valence-electron chi connectivity index (χ4n) is 2.17. The number of carbonyl (C=O) groups is 1. The normalized spacial score (nSPS) is 25.6. The minimum absolute atomic E-state index is 0. The first kappa shape index (κ1) is 19.1. The van der Waals surface area contributed by atoms with Gasteiger partial charge in [-0.2, -0.15) is 5.26 Å². The number of carbonyl (C=O) groups excluding carboxylic acids is 1. The minimum Gasteiger partial charge on any atom is -0.371 e. The summed E-state index contributed by atoms with van der Waals surface area (Å²) in [5, 5.41) is 8.93. The zero-order valence-corrected chi connectivity index (χ0v) is 13.1. The lowest BCUT2D eigenvalue weighted by Gasteiger charge is -2.31. The SMILES string of the molecule is CC(OC(C)(C)C)C(N)C(=O)N1C[C@@H](F)C[C@H]1C#N.Cl. The number of hydrogen-bond acceptors (Lipinski definition) is 4. The molecule has 1 aliphatic heterocycles. The van der Waals surface area contributed by atoms with Crippen LogP contribution in [0.1, 0.15) is 34.1 Å². The summed E-state index contributed by atoms with van der Waals surface area (Å²) in [6.07, 6.45) is -1.59. The van der Waals surface area contributed by atoms with E-state index in [0.29, 0.717) is 0 Å². The zero-order valence-electron chi connectivity index (χ0n) is 12.3. The Balaban J connectivity index is 0.00000361. The van der Waals surface area contributed by atoms with Crippen LogP contribution in [0.5, 0.6) is 0 Å². The standard InChI is InChI=1S/C13H22FN3O2.ClH/c1-8(19-13(2,3)4)11(16)12(18)17-7-9(14)5-10(17)6-15;/h8-11H,5,7,16H2,1-4H3;1H/t8?,9-,10-,11?;/m0./s1. The van der Waals surface area contributed by atoms with Crippen LogP contribution in [0.3, 0.4) is 0 Å². The molecule has 7 heteroatoms. The Bertz CT molecular complexity index is 381. The topological polar surface area (TPSA) is 79.3 Å². The van der Waals surface area contributed by atoms with Crippen LogP contribution in [0.15, 0.2) is 0 Å². The van der Waals surface area contributed by atoms with Crippen molar-refractivity contribution in [2.24, 2.45) is 5.73 Å². The highest BCUT2D eigenvalue weighted by Crippen LogP contribution is 2.22. The van der Waals surface area contributed by atoms with E-state index in [1.165, 1.54) is 4.90 Å². The molecule has 0 radical (unpaired) electrons. The van der Waals surface area contributed by atoms with E-state index in [4.69, 9.17) is 15.7 Å². The number of nitrogens with zero attached hydrogens (tertiary/aromatic N) is 2. The van der Waals surface area contributed by atoms with Gasteiger partial charge in [0.2, 0.25) is 5.91 Å². The van der Waals surface area contributed by atoms with E-state index in [0.717, 1.165) is 0 Å². The molecular formula is C13H23ClFN3O2. The third-order valence-electron chi connectivity index (χ3n) is 3.01. The molecule has 0 spiro atoms. The van der Waals surface area contributed by atoms with E-state index in [1.807, 2.05) is 26.8 Å². The van der Waals surface area contributed by atoms with Crippen LogP contribution in [0.4, 0.5) is 4.39 Å². The third-order valence-corrected chi connectivity index (χ3v) is 3.01. The highest BCUT2D eigenvalue weighted by molar-refractivity contribution is 5.85. The summed E-state index contributed by atoms with van der Waals surface area (Å²) in [5.74, 6) is -0.427. The van der Waals surface area contributed by atoms with Gasteiger partial charge in [0.05, 0.1) is 24.3 Å². The first-order valence-corrected chi connectivity index (χ1v) is 6.43. The molecule has 2 N–H and O–H groups in total. The van der Waals surface area contributed by atoms with E-state index in [1.54, 1.807) is 6.92 Å². The Morgan fingerprint density at radius 3 is 2.55 bits per heavy atom. The number of nitriles is 1. The molecule has 0 aromatic rings. The lowest BCUT2D eigenvalue weighted by Crippen LogP contribution is -2.52. The van der Waals surface area contributed by atoms with Gasteiger partial charge in [0, 0.05) is 6.42 Å². The highest BCUT2D eigenvalue weighted by Gasteiger charge is 2.39. The largest absolute Gasteiger partial charge is 0.371 e. The van der Waals surface area contributed by atoms with Crippen molar-refractivity contribution in [2.45, 2.75) is 64.1 Å². The van der Waals surface area contributed by atoms with E-state index in [9.17, 15) is 9.18 Å². The van der Waals surface area contributed by atoms with Gasteiger partial charge >= 0.3 is 0 Å². The Morgan fingerprint density at radius 1 is 1.55 bits per heavy atom. The van der Waals surface area contributed by atoms with Crippen molar-refractivity contribution < 1.29 is 13.9 Å². The lowest BCUT2D eigenvalue weighted by atomic mass is 10.1. The Kier molecular flexibility index (Phi) is 6.88. The molecule has 1 saturated heterocycles. The molecule has 20 heavy (non-hydrogen) atoms. The predicted molar refractivity (Wildman–Crippen MR) is 76.2 cm³/mol. The minimum atomic E-state index is -1.15. The number of likely N-dealkylation sites (tertiary alicyclic amines) is 1. The van der Waals surface area contributed by atoms with Gasteiger partial charge in [-0.1, -0.05) is 0 Å². The summed E-state index contributed by atoms with van der Waals surface area (Å²) >= 11 is 0. The first-order valence-electron chi connectivity index (χ1n) is 6.43. The summed E-state index contributed by atoms with van der Waals surface area (Å²) in [4.78, 5) is 13.4. The van der Waals surface area contributed by atoms with Crippen LogP contribution in [0, 0.1) is 11.3 Å². The Labute approximate surface area is 125 Å². The molecule has 0 bridgehead atoms. The van der Waals surface area contributed by atoms with E-state index >= 15 is 0 Å². The van der Waals surface area contributed by atoms with E-state index in [2.05, 4.69) is 0 Å². The van der Waals surface area contributed by atoms with Gasteiger partial charge in [0.25, 0.3) is 0 Å². The molecule has 2 unspecified atom stereocenters. The highest BCUT2D eigenvalue weighted by atomic mass is 35.5. The number of ether oxygens (including phenoxy) is 1. The predicted octanol–water partition coefficient (Wildman–Crippen LogP) is 1.40. The maximum Gasteiger partial charge on any atom is 0.243 e. The average molecular weight is 308 g/mol. The number of nitrogens with two attached hydrogens (primary N) is 1. The summed E-state index contributed by atoms with van der Waals surface area (Å²) in [5.41, 5.74) is 5.44. The maximum absolute atomic E-state index is 13.3. The van der Waals surface area contributed by atoms with Crippen molar-refractivity contribution in [3.05, 3.63) is 0 Å². The molecule has 5 nitrogen and oxygen atoms in total. The molecule has 0 aromatic heterocycles. The first-order chi connectivity index (χ1) is 8.65. The van der Waals surface area contributed by atoms with Crippen LogP contribution in [0.25, 0.3) is 0 Å². The Morgan fingerprint density at radius 2 is 2.10 bits per heavy atom. The zero-order chi connectivity index (χ0) is 14.8. The maximum atomic E-state index is 13.3. The summed E-state index contributed by atoms with van der Waals surface area (Å²) in [6, 6.07) is 0.321. The van der Waals surface area contributed by atoms with Crippen molar-refractivity contribution in [3.8, 4) is 6.07 Å². The van der Waals surface area contributed by atoms with Gasteiger partial charge in [-0.15, -0.1) is 12.4 Å². The van der Waals surface area contributed by atoms with Crippen molar-refractivity contribution >= 4 is 18.3 Å². The molecule has 1 amide bonds. The molecule has 1 heterocycles. The third kappa shape index (κ3) is 4.89. The molecule has 116 valence electrons. The van der Waals surface area contributed by atoms with Crippen LogP contribution >= 0.6 is 12.4 Å². The molecular weight excluding hydrogens is 285 g/mol. The van der Waals surface area contributed by atoms with Crippen LogP contribution in [-0.2, 0) is 9.53 Å². The van der Waals surface area contributed by atoms with Gasteiger partial charge in [0.1, 0.15) is 18.3 Å². The van der Waals surface area contributed by atoms with Crippen molar-refractivity contribution in [1.29, 1.82) is 5.26 Å². The fraction of sp³-hybridized carbons (Fsp3) is 0.846. The number of rotatable bonds is 3. The number of hydrogen-bond donors (Lipinski definition) is 1. The van der Waals surface area contributed by atoms with Gasteiger partial charge < -0.3 is 15.4 Å². The summed E-state index contributed by atoms with van der Waals surface area (Å²) in [6.45, 7) is 7.25. The number of halogens is 2. The molecule has 0 aliphatic carbocycles. The van der Waals surface area contributed by atoms with Gasteiger partial charge in [-0.05, 0) is 27.7 Å². The molecule has 1 fully saturated rings. The number of amides is 1. The van der Waals surface area contributed by atoms with Crippen LogP contribution in [0.2, 0.25) is 0 Å². The summed E-state index contributed by atoms with van der Waals surface area (Å²) < 4.78 is 18.9. The molecule has 1 aliphatic rings. The fourth-order valence-corrected chi connectivity index (χ4v) is 2.17. The van der Waals surface area contributed by atoms with E-state index < -0.39 is 35.9 Å². The van der Waals surface area contributed by atoms with Crippen LogP contribution in [-0.4, -0.2) is 47.3 Å². The smallest absolute Gasteiger partial charge is 0.243 e. The molecule has 0 saturated carbocycles. The molecule has 4 atom stereocenters. The summed E-state index contributed by atoms with van der Waals surface area (Å²) in [7, 11) is 0. The lowest BCUT2D eigenvalue weighted by molar-refractivity contribution is -0.139.